The molecule has 5 heteroatoms. The number of carbonyl (C=O) groups is 1. The zero-order valence-electron chi connectivity index (χ0n) is 9.41. The van der Waals surface area contributed by atoms with E-state index in [0.29, 0.717) is 11.1 Å². The van der Waals surface area contributed by atoms with Crippen molar-refractivity contribution < 1.29 is 18.3 Å². The van der Waals surface area contributed by atoms with Crippen LogP contribution in [0.4, 0.5) is 8.78 Å². The van der Waals surface area contributed by atoms with E-state index in [9.17, 15) is 13.6 Å². The Labute approximate surface area is 111 Å². The number of alkyl halides is 3. The molecule has 0 aliphatic heterocycles. The molecule has 0 heterocycles. The predicted molar refractivity (Wildman–Crippen MR) is 68.7 cm³/mol. The van der Waals surface area contributed by atoms with Gasteiger partial charge in [-0.2, -0.15) is 8.78 Å². The molecular weight excluding hydrogens is 306 g/mol. The van der Waals surface area contributed by atoms with Gasteiger partial charge >= 0.3 is 4.83 Å². The third kappa shape index (κ3) is 2.51. The zero-order valence-corrected chi connectivity index (χ0v) is 11.0. The van der Waals surface area contributed by atoms with Crippen LogP contribution in [0.5, 0.6) is 5.75 Å². The number of rotatable bonds is 3. The molecule has 94 valence electrons. The maximum Gasteiger partial charge on any atom is 0.363 e. The van der Waals surface area contributed by atoms with Crippen LogP contribution in [0.2, 0.25) is 0 Å². The maximum atomic E-state index is 12.9. The first-order valence-electron chi connectivity index (χ1n) is 5.11. The molecular formula is C13H9BrF2O2. The van der Waals surface area contributed by atoms with Crippen molar-refractivity contribution in [3.8, 4) is 5.75 Å². The average molecular weight is 315 g/mol. The van der Waals surface area contributed by atoms with Crippen LogP contribution < -0.4 is 4.74 Å². The van der Waals surface area contributed by atoms with Gasteiger partial charge in [-0.15, -0.1) is 0 Å². The Bertz CT molecular complexity index is 605. The zero-order chi connectivity index (χ0) is 13.3. The molecule has 0 fully saturated rings. The first-order valence-corrected chi connectivity index (χ1v) is 5.90. The summed E-state index contributed by atoms with van der Waals surface area (Å²) < 4.78 is 30.8. The van der Waals surface area contributed by atoms with Gasteiger partial charge in [-0.3, -0.25) is 4.79 Å². The van der Waals surface area contributed by atoms with Crippen molar-refractivity contribution >= 4 is 32.5 Å². The smallest absolute Gasteiger partial charge is 0.363 e. The minimum absolute atomic E-state index is 0.0328. The van der Waals surface area contributed by atoms with Gasteiger partial charge in [-0.1, -0.05) is 18.2 Å². The van der Waals surface area contributed by atoms with E-state index in [1.807, 2.05) is 0 Å². The lowest BCUT2D eigenvalue weighted by atomic mass is 10.0. The van der Waals surface area contributed by atoms with Crippen LogP contribution >= 0.6 is 15.9 Å². The van der Waals surface area contributed by atoms with Gasteiger partial charge in [-0.05, 0) is 44.9 Å². The number of methoxy groups -OCH3 is 1. The molecule has 0 saturated heterocycles. The van der Waals surface area contributed by atoms with E-state index in [4.69, 9.17) is 4.74 Å². The van der Waals surface area contributed by atoms with Gasteiger partial charge in [-0.25, -0.2) is 0 Å². The van der Waals surface area contributed by atoms with E-state index < -0.39 is 10.6 Å². The van der Waals surface area contributed by atoms with E-state index in [-0.39, 0.29) is 5.56 Å². The number of ketones is 1. The van der Waals surface area contributed by atoms with E-state index in [1.165, 1.54) is 12.1 Å². The van der Waals surface area contributed by atoms with Gasteiger partial charge in [0.05, 0.1) is 7.11 Å². The Hall–Kier alpha value is -1.49. The Morgan fingerprint density at radius 1 is 1.17 bits per heavy atom. The SMILES string of the molecule is COc1ccc2cc(C(=O)C(F)(F)Br)ccc2c1. The molecule has 0 amide bonds. The summed E-state index contributed by atoms with van der Waals surface area (Å²) in [6, 6.07) is 9.63. The summed E-state index contributed by atoms with van der Waals surface area (Å²) in [6.45, 7) is 0. The number of halogens is 3. The molecule has 0 atom stereocenters. The third-order valence-electron chi connectivity index (χ3n) is 2.57. The van der Waals surface area contributed by atoms with Gasteiger partial charge in [0.15, 0.2) is 0 Å². The fourth-order valence-electron chi connectivity index (χ4n) is 1.66. The molecule has 2 rings (SSSR count). The summed E-state index contributed by atoms with van der Waals surface area (Å²) in [5.41, 5.74) is -0.0328. The highest BCUT2D eigenvalue weighted by atomic mass is 79.9. The molecule has 2 aromatic carbocycles. The Balaban J connectivity index is 2.49. The molecule has 2 aromatic rings. The number of benzene rings is 2. The highest BCUT2D eigenvalue weighted by Gasteiger charge is 2.35. The van der Waals surface area contributed by atoms with Gasteiger partial charge in [0.2, 0.25) is 5.78 Å². The third-order valence-corrected chi connectivity index (χ3v) is 2.93. The lowest BCUT2D eigenvalue weighted by molar-refractivity contribution is 0.0593. The van der Waals surface area contributed by atoms with Crippen LogP contribution in [-0.2, 0) is 0 Å². The second kappa shape index (κ2) is 4.65. The van der Waals surface area contributed by atoms with Crippen molar-refractivity contribution in [2.75, 3.05) is 7.11 Å². The van der Waals surface area contributed by atoms with Gasteiger partial charge in [0.25, 0.3) is 0 Å². The van der Waals surface area contributed by atoms with Crippen LogP contribution in [0.1, 0.15) is 10.4 Å². The maximum absolute atomic E-state index is 12.9. The molecule has 0 saturated carbocycles. The molecule has 18 heavy (non-hydrogen) atoms. The standard InChI is InChI=1S/C13H9BrF2O2/c1-18-11-5-4-8-6-10(3-2-9(8)7-11)12(17)13(14,15)16/h2-7H,1H3. The van der Waals surface area contributed by atoms with Gasteiger partial charge in [0, 0.05) is 5.56 Å². The van der Waals surface area contributed by atoms with Crippen molar-refractivity contribution in [2.45, 2.75) is 4.83 Å². The minimum atomic E-state index is -3.53. The molecule has 0 aromatic heterocycles. The summed E-state index contributed by atoms with van der Waals surface area (Å²) >= 11 is 2.06. The van der Waals surface area contributed by atoms with Crippen molar-refractivity contribution in [3.05, 3.63) is 42.0 Å². The second-order valence-corrected chi connectivity index (χ2v) is 4.75. The molecule has 0 aliphatic carbocycles. The molecule has 0 bridgehead atoms. The topological polar surface area (TPSA) is 26.3 Å². The quantitative estimate of drug-likeness (QED) is 0.632. The van der Waals surface area contributed by atoms with Crippen molar-refractivity contribution in [2.24, 2.45) is 0 Å². The Kier molecular flexibility index (Phi) is 3.34. The fraction of sp³-hybridized carbons (Fsp3) is 0.154. The van der Waals surface area contributed by atoms with Gasteiger partial charge in [0.1, 0.15) is 5.75 Å². The molecule has 0 unspecified atom stereocenters. The normalized spacial score (nSPS) is 11.6. The first-order chi connectivity index (χ1) is 8.41. The second-order valence-electron chi connectivity index (χ2n) is 3.75. The number of fused-ring (bicyclic) bond motifs is 1. The largest absolute Gasteiger partial charge is 0.497 e. The monoisotopic (exact) mass is 314 g/mol. The minimum Gasteiger partial charge on any atom is -0.497 e. The summed E-state index contributed by atoms with van der Waals surface area (Å²) in [5, 5.41) is 1.53. The number of hydrogen-bond acceptors (Lipinski definition) is 2. The highest BCUT2D eigenvalue weighted by molar-refractivity contribution is 9.10. The summed E-state index contributed by atoms with van der Waals surface area (Å²) in [6.07, 6.45) is 0. The van der Waals surface area contributed by atoms with E-state index >= 15 is 0 Å². The fourth-order valence-corrected chi connectivity index (χ4v) is 1.88. The van der Waals surface area contributed by atoms with Crippen molar-refractivity contribution in [1.82, 2.24) is 0 Å². The van der Waals surface area contributed by atoms with Crippen LogP contribution in [0.25, 0.3) is 10.8 Å². The predicted octanol–water partition coefficient (Wildman–Crippen LogP) is 4.02. The summed E-state index contributed by atoms with van der Waals surface area (Å²) in [5.74, 6) is -0.576. The summed E-state index contributed by atoms with van der Waals surface area (Å²) in [4.78, 5) is 7.88. The molecule has 0 N–H and O–H groups in total. The van der Waals surface area contributed by atoms with Crippen LogP contribution in [-0.4, -0.2) is 17.7 Å². The van der Waals surface area contributed by atoms with Crippen LogP contribution in [0.15, 0.2) is 36.4 Å². The average Bonchev–Trinajstić information content (AvgIpc) is 2.35. The summed E-state index contributed by atoms with van der Waals surface area (Å²) in [7, 11) is 1.55. The van der Waals surface area contributed by atoms with Crippen molar-refractivity contribution in [3.63, 3.8) is 0 Å². The van der Waals surface area contributed by atoms with Gasteiger partial charge < -0.3 is 4.74 Å². The lowest BCUT2D eigenvalue weighted by Crippen LogP contribution is -2.20. The Morgan fingerprint density at radius 2 is 1.78 bits per heavy atom. The highest BCUT2D eigenvalue weighted by Crippen LogP contribution is 2.29. The van der Waals surface area contributed by atoms with Crippen molar-refractivity contribution in [1.29, 1.82) is 0 Å². The molecule has 0 radical (unpaired) electrons. The number of Topliss-reactive ketones (excluding diaryl/α,β-unsaturated/α-hetero) is 1. The number of hydrogen-bond donors (Lipinski definition) is 0. The first kappa shape index (κ1) is 13.0. The van der Waals surface area contributed by atoms with Crippen LogP contribution in [0, 0.1) is 0 Å². The molecule has 2 nitrogen and oxygen atoms in total. The van der Waals surface area contributed by atoms with E-state index in [2.05, 4.69) is 15.9 Å². The molecule has 0 aliphatic rings. The van der Waals surface area contributed by atoms with E-state index in [1.54, 1.807) is 31.4 Å². The molecule has 0 spiro atoms. The number of carbonyl (C=O) groups excluding carboxylic acids is 1. The van der Waals surface area contributed by atoms with E-state index in [0.717, 1.165) is 5.39 Å². The lowest BCUT2D eigenvalue weighted by Gasteiger charge is -2.08. The number of ether oxygens (including phenoxy) is 1. The van der Waals surface area contributed by atoms with Crippen LogP contribution in [0.3, 0.4) is 0 Å². The Morgan fingerprint density at radius 3 is 2.39 bits per heavy atom.